The van der Waals surface area contributed by atoms with E-state index in [1.54, 1.807) is 17.9 Å². The largest absolute Gasteiger partial charge is 0.491 e. The number of carboxylic acids is 1. The Morgan fingerprint density at radius 1 is 1.35 bits per heavy atom. The zero-order chi connectivity index (χ0) is 24.1. The minimum atomic E-state index is -1.02. The molecule has 1 amide bonds. The lowest BCUT2D eigenvalue weighted by atomic mass is 9.96. The quantitative estimate of drug-likeness (QED) is 0.480. The molecule has 2 saturated heterocycles. The molecule has 0 aliphatic carbocycles. The van der Waals surface area contributed by atoms with Gasteiger partial charge in [-0.15, -0.1) is 0 Å². The van der Waals surface area contributed by atoms with Crippen LogP contribution in [-0.2, 0) is 9.59 Å². The summed E-state index contributed by atoms with van der Waals surface area (Å²) in [5.41, 5.74) is 3.06. The number of nitrogens with zero attached hydrogens (tertiary/aromatic N) is 1. The molecule has 3 heterocycles. The number of allylic oxidation sites excluding steroid dienone is 3. The molecule has 0 bridgehead atoms. The number of benzene rings is 1. The van der Waals surface area contributed by atoms with Gasteiger partial charge < -0.3 is 20.1 Å². The first-order valence-electron chi connectivity index (χ1n) is 12.3. The van der Waals surface area contributed by atoms with E-state index in [4.69, 9.17) is 4.74 Å². The summed E-state index contributed by atoms with van der Waals surface area (Å²) in [4.78, 5) is 26.4. The van der Waals surface area contributed by atoms with Gasteiger partial charge in [-0.2, -0.15) is 0 Å². The second kappa shape index (κ2) is 11.0. The zero-order valence-corrected chi connectivity index (χ0v) is 19.7. The fourth-order valence-corrected chi connectivity index (χ4v) is 5.18. The normalized spacial score (nSPS) is 23.0. The summed E-state index contributed by atoms with van der Waals surface area (Å²) in [6.45, 7) is 3.60. The van der Waals surface area contributed by atoms with Crippen LogP contribution in [0.1, 0.15) is 63.5 Å². The van der Waals surface area contributed by atoms with Crippen molar-refractivity contribution in [2.75, 3.05) is 19.7 Å². The van der Waals surface area contributed by atoms with Crippen molar-refractivity contribution in [1.29, 1.82) is 0 Å². The fraction of sp³-hybridized carbons (Fsp3) is 0.538. The second-order valence-corrected chi connectivity index (χ2v) is 9.21. The molecule has 3 aliphatic heterocycles. The molecule has 8 heteroatoms. The monoisotopic (exact) mass is 471 g/mol. The van der Waals surface area contributed by atoms with Gasteiger partial charge in [-0.05, 0) is 81.3 Å². The number of amides is 1. The lowest BCUT2D eigenvalue weighted by Crippen LogP contribution is -2.47. The Morgan fingerprint density at radius 2 is 2.21 bits per heavy atom. The van der Waals surface area contributed by atoms with Gasteiger partial charge in [0.1, 0.15) is 0 Å². The number of dihydropyridines is 1. The van der Waals surface area contributed by atoms with Crippen LogP contribution in [0.25, 0.3) is 0 Å². The van der Waals surface area contributed by atoms with Crippen molar-refractivity contribution >= 4 is 11.9 Å². The second-order valence-electron chi connectivity index (χ2n) is 9.21. The molecule has 34 heavy (non-hydrogen) atoms. The molecule has 3 aliphatic rings. The van der Waals surface area contributed by atoms with Crippen LogP contribution in [0, 0.1) is 11.7 Å². The average molecular weight is 472 g/mol. The number of nitrogens with one attached hydrogen (secondary N) is 2. The van der Waals surface area contributed by atoms with Gasteiger partial charge in [0, 0.05) is 18.2 Å². The van der Waals surface area contributed by atoms with Crippen molar-refractivity contribution in [3.05, 3.63) is 53.0 Å². The third kappa shape index (κ3) is 5.60. The van der Waals surface area contributed by atoms with Crippen molar-refractivity contribution in [3.8, 4) is 5.75 Å². The summed E-state index contributed by atoms with van der Waals surface area (Å²) in [5.74, 6) is -1.61. The molecule has 184 valence electrons. The molecule has 4 rings (SSSR count). The van der Waals surface area contributed by atoms with Crippen LogP contribution in [0.5, 0.6) is 5.75 Å². The van der Waals surface area contributed by atoms with Gasteiger partial charge in [0.05, 0.1) is 25.2 Å². The van der Waals surface area contributed by atoms with E-state index < -0.39 is 17.8 Å². The zero-order valence-electron chi connectivity index (χ0n) is 19.7. The smallest absolute Gasteiger partial charge is 0.305 e. The number of hydrogen-bond acceptors (Lipinski definition) is 5. The number of likely N-dealkylation sites (tertiary alicyclic amines) is 1. The molecule has 0 radical (unpaired) electrons. The first kappa shape index (κ1) is 24.3. The van der Waals surface area contributed by atoms with E-state index in [-0.39, 0.29) is 30.2 Å². The fourth-order valence-electron chi connectivity index (χ4n) is 5.18. The summed E-state index contributed by atoms with van der Waals surface area (Å²) < 4.78 is 19.7. The summed E-state index contributed by atoms with van der Waals surface area (Å²) in [6, 6.07) is 3.77. The number of aliphatic carboxylic acids is 1. The van der Waals surface area contributed by atoms with Crippen LogP contribution >= 0.6 is 0 Å². The van der Waals surface area contributed by atoms with Crippen LogP contribution in [0.15, 0.2) is 41.6 Å². The third-order valence-electron chi connectivity index (χ3n) is 6.92. The first-order chi connectivity index (χ1) is 16.5. The van der Waals surface area contributed by atoms with E-state index in [0.717, 1.165) is 32.2 Å². The molecule has 1 aromatic rings. The van der Waals surface area contributed by atoms with Crippen LogP contribution in [0.3, 0.4) is 0 Å². The summed E-state index contributed by atoms with van der Waals surface area (Å²) in [6.07, 6.45) is 9.79. The predicted molar refractivity (Wildman–Crippen MR) is 127 cm³/mol. The molecule has 2 fully saturated rings. The summed E-state index contributed by atoms with van der Waals surface area (Å²) in [5, 5.41) is 16.5. The molecule has 7 nitrogen and oxygen atoms in total. The molecule has 2 unspecified atom stereocenters. The van der Waals surface area contributed by atoms with Gasteiger partial charge in [0.25, 0.3) is 0 Å². The predicted octanol–water partition coefficient (Wildman–Crippen LogP) is 3.88. The highest BCUT2D eigenvalue weighted by atomic mass is 19.1. The Balaban J connectivity index is 1.36. The Morgan fingerprint density at radius 3 is 2.97 bits per heavy atom. The number of carbonyl (C=O) groups is 2. The Labute approximate surface area is 200 Å². The standard InChI is InChI=1S/C26H34FN3O4/c1-2-34-23-11-9-19(15-21(23)27)22(16-24(31)32)30-14-12-18(26(30)33)5-3-7-20-10-8-17-6-4-13-28-25(17)29-20/h8-11,15,18,22,25,28-29H,2-7,12-14,16H2,1H3,(H,31,32)/t18?,22-,25?/m0/s1. The molecular weight excluding hydrogens is 437 g/mol. The summed E-state index contributed by atoms with van der Waals surface area (Å²) in [7, 11) is 0. The van der Waals surface area contributed by atoms with E-state index in [9.17, 15) is 19.1 Å². The van der Waals surface area contributed by atoms with Crippen LogP contribution in [0.2, 0.25) is 0 Å². The van der Waals surface area contributed by atoms with Crippen LogP contribution in [-0.4, -0.2) is 47.7 Å². The van der Waals surface area contributed by atoms with E-state index >= 15 is 0 Å². The maximum Gasteiger partial charge on any atom is 0.305 e. The number of piperidine rings is 1. The number of halogens is 1. The number of carboxylic acid groups (broad SMARTS) is 1. The van der Waals surface area contributed by atoms with Gasteiger partial charge in [-0.1, -0.05) is 12.1 Å². The van der Waals surface area contributed by atoms with Gasteiger partial charge in [-0.25, -0.2) is 4.39 Å². The molecule has 0 saturated carbocycles. The number of rotatable bonds is 10. The SMILES string of the molecule is CCOc1ccc([C@H](CC(=O)O)N2CCC(CCCC3=CC=C4CCCNC4N3)C2=O)cc1F. The van der Waals surface area contributed by atoms with Crippen molar-refractivity contribution in [2.45, 2.75) is 64.1 Å². The highest BCUT2D eigenvalue weighted by molar-refractivity contribution is 5.82. The van der Waals surface area contributed by atoms with Gasteiger partial charge >= 0.3 is 5.97 Å². The Hall–Kier alpha value is -2.87. The highest BCUT2D eigenvalue weighted by Crippen LogP contribution is 2.35. The maximum absolute atomic E-state index is 14.4. The Kier molecular flexibility index (Phi) is 7.88. The highest BCUT2D eigenvalue weighted by Gasteiger charge is 2.37. The first-order valence-corrected chi connectivity index (χ1v) is 12.3. The van der Waals surface area contributed by atoms with E-state index in [0.29, 0.717) is 25.1 Å². The molecule has 3 N–H and O–H groups in total. The van der Waals surface area contributed by atoms with Crippen molar-refractivity contribution in [2.24, 2.45) is 5.92 Å². The Bertz CT molecular complexity index is 977. The van der Waals surface area contributed by atoms with E-state index in [1.165, 1.54) is 29.8 Å². The maximum atomic E-state index is 14.4. The minimum absolute atomic E-state index is 0.0396. The van der Waals surface area contributed by atoms with Crippen molar-refractivity contribution in [3.63, 3.8) is 0 Å². The number of fused-ring (bicyclic) bond motifs is 1. The minimum Gasteiger partial charge on any atom is -0.491 e. The summed E-state index contributed by atoms with van der Waals surface area (Å²) >= 11 is 0. The van der Waals surface area contributed by atoms with Gasteiger partial charge in [0.15, 0.2) is 11.6 Å². The van der Waals surface area contributed by atoms with Crippen LogP contribution in [0.4, 0.5) is 4.39 Å². The average Bonchev–Trinajstić information content (AvgIpc) is 3.18. The lowest BCUT2D eigenvalue weighted by molar-refractivity contribution is -0.140. The van der Waals surface area contributed by atoms with E-state index in [1.807, 2.05) is 0 Å². The van der Waals surface area contributed by atoms with Crippen molar-refractivity contribution < 1.29 is 23.8 Å². The van der Waals surface area contributed by atoms with Crippen molar-refractivity contribution in [1.82, 2.24) is 15.5 Å². The molecule has 0 spiro atoms. The van der Waals surface area contributed by atoms with Gasteiger partial charge in [0.2, 0.25) is 5.91 Å². The lowest BCUT2D eigenvalue weighted by Gasteiger charge is -2.32. The van der Waals surface area contributed by atoms with Crippen LogP contribution < -0.4 is 15.4 Å². The number of hydrogen-bond donors (Lipinski definition) is 3. The molecular formula is C26H34FN3O4. The third-order valence-corrected chi connectivity index (χ3v) is 6.92. The molecule has 0 aromatic heterocycles. The topological polar surface area (TPSA) is 90.9 Å². The molecule has 1 aromatic carbocycles. The van der Waals surface area contributed by atoms with Gasteiger partial charge in [-0.3, -0.25) is 14.9 Å². The number of carbonyl (C=O) groups excluding carboxylic acids is 1. The molecule has 3 atom stereocenters. The van der Waals surface area contributed by atoms with E-state index in [2.05, 4.69) is 22.8 Å². The number of ether oxygens (including phenoxy) is 1.